The second-order valence-electron chi connectivity index (χ2n) is 7.71. The van der Waals surface area contributed by atoms with Crippen LogP contribution in [-0.4, -0.2) is 73.2 Å². The topological polar surface area (TPSA) is 117 Å². The molecule has 0 spiro atoms. The number of anilines is 2. The highest BCUT2D eigenvalue weighted by Crippen LogP contribution is 2.20. The van der Waals surface area contributed by atoms with Crippen molar-refractivity contribution < 1.29 is 28.7 Å². The van der Waals surface area contributed by atoms with Crippen LogP contribution >= 0.6 is 0 Å². The van der Waals surface area contributed by atoms with Gasteiger partial charge in [-0.3, -0.25) is 19.3 Å². The van der Waals surface area contributed by atoms with Crippen molar-refractivity contribution in [1.82, 2.24) is 10.2 Å². The van der Waals surface area contributed by atoms with Crippen LogP contribution in [0.25, 0.3) is 0 Å². The van der Waals surface area contributed by atoms with E-state index in [0.29, 0.717) is 18.9 Å². The average molecular weight is 418 g/mol. The average Bonchev–Trinajstić information content (AvgIpc) is 2.90. The molecule has 30 heavy (non-hydrogen) atoms. The number of morpholine rings is 1. The number of esters is 1. The lowest BCUT2D eigenvalue weighted by Gasteiger charge is -2.28. The van der Waals surface area contributed by atoms with Crippen LogP contribution in [0.15, 0.2) is 24.3 Å². The second kappa shape index (κ2) is 8.70. The fourth-order valence-electron chi connectivity index (χ4n) is 3.20. The quantitative estimate of drug-likeness (QED) is 0.516. The van der Waals surface area contributed by atoms with Crippen molar-refractivity contribution >= 4 is 35.2 Å². The van der Waals surface area contributed by atoms with E-state index in [4.69, 9.17) is 9.47 Å². The number of ether oxygens (including phenoxy) is 2. The Hall–Kier alpha value is -3.14. The lowest BCUT2D eigenvalue weighted by atomic mass is 10.1. The fraction of sp³-hybridized carbons (Fsp3) is 0.500. The Morgan fingerprint density at radius 1 is 1.20 bits per heavy atom. The number of nitrogens with one attached hydrogen (secondary N) is 2. The molecule has 2 N–H and O–H groups in total. The van der Waals surface area contributed by atoms with E-state index in [-0.39, 0.29) is 0 Å². The van der Waals surface area contributed by atoms with Gasteiger partial charge in [0.25, 0.3) is 11.8 Å². The maximum absolute atomic E-state index is 12.3. The minimum atomic E-state index is -1.09. The number of hydrogen-bond donors (Lipinski definition) is 2. The first-order valence-electron chi connectivity index (χ1n) is 9.74. The standard InChI is InChI=1S/C20H26N4O6/c1-13(30-16(25)12-24-18(27)20(2,3)22-19(24)28)17(26)21-14-4-6-15(7-5-14)23-8-10-29-11-9-23/h4-7,13H,8-12H2,1-3H3,(H,21,26)(H,22,28)/t13-/m1/s1. The number of rotatable bonds is 6. The Labute approximate surface area is 174 Å². The van der Waals surface area contributed by atoms with Crippen molar-refractivity contribution in [2.75, 3.05) is 43.1 Å². The van der Waals surface area contributed by atoms with Gasteiger partial charge in [0.2, 0.25) is 0 Å². The Kier molecular flexibility index (Phi) is 6.25. The molecule has 0 radical (unpaired) electrons. The van der Waals surface area contributed by atoms with Gasteiger partial charge in [0, 0.05) is 24.5 Å². The molecule has 0 aromatic heterocycles. The van der Waals surface area contributed by atoms with Crippen molar-refractivity contribution in [2.45, 2.75) is 32.4 Å². The predicted molar refractivity (Wildman–Crippen MR) is 108 cm³/mol. The second-order valence-corrected chi connectivity index (χ2v) is 7.71. The summed E-state index contributed by atoms with van der Waals surface area (Å²) in [4.78, 5) is 51.3. The van der Waals surface area contributed by atoms with E-state index in [9.17, 15) is 19.2 Å². The normalized spacial score (nSPS) is 19.3. The molecule has 1 atom stereocenters. The molecule has 2 fully saturated rings. The number of benzene rings is 1. The van der Waals surface area contributed by atoms with Gasteiger partial charge in [-0.1, -0.05) is 0 Å². The molecule has 0 bridgehead atoms. The lowest BCUT2D eigenvalue weighted by molar-refractivity contribution is -0.155. The molecule has 1 aromatic carbocycles. The van der Waals surface area contributed by atoms with Gasteiger partial charge < -0.3 is 25.0 Å². The number of imide groups is 1. The smallest absolute Gasteiger partial charge is 0.327 e. The number of amides is 4. The molecule has 0 aliphatic carbocycles. The minimum absolute atomic E-state index is 0.514. The summed E-state index contributed by atoms with van der Waals surface area (Å²) in [6, 6.07) is 6.67. The van der Waals surface area contributed by atoms with Crippen LogP contribution < -0.4 is 15.5 Å². The highest BCUT2D eigenvalue weighted by molar-refractivity contribution is 6.08. The molecule has 10 nitrogen and oxygen atoms in total. The summed E-state index contributed by atoms with van der Waals surface area (Å²) >= 11 is 0. The zero-order chi connectivity index (χ0) is 21.9. The third kappa shape index (κ3) is 4.88. The fourth-order valence-corrected chi connectivity index (χ4v) is 3.20. The van der Waals surface area contributed by atoms with E-state index in [1.54, 1.807) is 26.0 Å². The van der Waals surface area contributed by atoms with Crippen LogP contribution in [0.2, 0.25) is 0 Å². The first-order valence-corrected chi connectivity index (χ1v) is 9.74. The molecule has 10 heteroatoms. The van der Waals surface area contributed by atoms with Gasteiger partial charge in [-0.25, -0.2) is 4.79 Å². The number of carbonyl (C=O) groups is 4. The van der Waals surface area contributed by atoms with Crippen LogP contribution in [0.5, 0.6) is 0 Å². The zero-order valence-corrected chi connectivity index (χ0v) is 17.3. The van der Waals surface area contributed by atoms with Gasteiger partial charge in [0.15, 0.2) is 6.10 Å². The van der Waals surface area contributed by atoms with Gasteiger partial charge in [-0.15, -0.1) is 0 Å². The Morgan fingerprint density at radius 3 is 2.40 bits per heavy atom. The monoisotopic (exact) mass is 418 g/mol. The summed E-state index contributed by atoms with van der Waals surface area (Å²) in [6.45, 7) is 6.94. The first-order chi connectivity index (χ1) is 14.2. The van der Waals surface area contributed by atoms with Gasteiger partial charge in [-0.2, -0.15) is 0 Å². The number of hydrogen-bond acceptors (Lipinski definition) is 7. The number of carbonyl (C=O) groups excluding carboxylic acids is 4. The summed E-state index contributed by atoms with van der Waals surface area (Å²) in [5.41, 5.74) is 0.524. The Bertz CT molecular complexity index is 832. The molecule has 2 heterocycles. The van der Waals surface area contributed by atoms with Crippen LogP contribution in [0, 0.1) is 0 Å². The molecule has 0 unspecified atom stereocenters. The van der Waals surface area contributed by atoms with Crippen molar-refractivity contribution in [3.05, 3.63) is 24.3 Å². The van der Waals surface area contributed by atoms with Crippen molar-refractivity contribution in [2.24, 2.45) is 0 Å². The first kappa shape index (κ1) is 21.6. The van der Waals surface area contributed by atoms with E-state index >= 15 is 0 Å². The molecule has 3 rings (SSSR count). The van der Waals surface area contributed by atoms with E-state index in [2.05, 4.69) is 15.5 Å². The molecule has 0 saturated carbocycles. The Morgan fingerprint density at radius 2 is 1.83 bits per heavy atom. The largest absolute Gasteiger partial charge is 0.451 e. The highest BCUT2D eigenvalue weighted by atomic mass is 16.5. The van der Waals surface area contributed by atoms with E-state index in [1.165, 1.54) is 6.92 Å². The van der Waals surface area contributed by atoms with Crippen molar-refractivity contribution in [3.8, 4) is 0 Å². The molecule has 162 valence electrons. The summed E-state index contributed by atoms with van der Waals surface area (Å²) in [6.07, 6.45) is -1.09. The summed E-state index contributed by atoms with van der Waals surface area (Å²) < 4.78 is 10.4. The van der Waals surface area contributed by atoms with E-state index in [0.717, 1.165) is 23.7 Å². The zero-order valence-electron chi connectivity index (χ0n) is 17.3. The molecule has 1 aromatic rings. The summed E-state index contributed by atoms with van der Waals surface area (Å²) in [7, 11) is 0. The van der Waals surface area contributed by atoms with Gasteiger partial charge in [0.1, 0.15) is 12.1 Å². The summed E-state index contributed by atoms with van der Waals surface area (Å²) in [5, 5.41) is 5.16. The minimum Gasteiger partial charge on any atom is -0.451 e. The van der Waals surface area contributed by atoms with E-state index in [1.807, 2.05) is 12.1 Å². The predicted octanol–water partition coefficient (Wildman–Crippen LogP) is 0.724. The maximum atomic E-state index is 12.3. The van der Waals surface area contributed by atoms with Crippen LogP contribution in [-0.2, 0) is 23.9 Å². The van der Waals surface area contributed by atoms with Crippen molar-refractivity contribution in [1.29, 1.82) is 0 Å². The molecule has 2 aliphatic heterocycles. The molecular weight excluding hydrogens is 392 g/mol. The third-order valence-electron chi connectivity index (χ3n) is 4.92. The van der Waals surface area contributed by atoms with Gasteiger partial charge >= 0.3 is 12.0 Å². The maximum Gasteiger partial charge on any atom is 0.327 e. The van der Waals surface area contributed by atoms with E-state index < -0.39 is 42.0 Å². The van der Waals surface area contributed by atoms with Crippen LogP contribution in [0.1, 0.15) is 20.8 Å². The lowest BCUT2D eigenvalue weighted by Crippen LogP contribution is -2.42. The highest BCUT2D eigenvalue weighted by Gasteiger charge is 2.45. The number of urea groups is 1. The molecule has 2 aliphatic rings. The molecule has 4 amide bonds. The van der Waals surface area contributed by atoms with Crippen LogP contribution in [0.3, 0.4) is 0 Å². The molecular formula is C20H26N4O6. The molecule has 2 saturated heterocycles. The van der Waals surface area contributed by atoms with Crippen LogP contribution in [0.4, 0.5) is 16.2 Å². The van der Waals surface area contributed by atoms with Gasteiger partial charge in [-0.05, 0) is 45.0 Å². The summed E-state index contributed by atoms with van der Waals surface area (Å²) in [5.74, 6) is -1.89. The Balaban J connectivity index is 1.50. The SMILES string of the molecule is C[C@@H](OC(=O)CN1C(=O)NC(C)(C)C1=O)C(=O)Nc1ccc(N2CCOCC2)cc1. The number of nitrogens with zero attached hydrogens (tertiary/aromatic N) is 2. The third-order valence-corrected chi connectivity index (χ3v) is 4.92. The van der Waals surface area contributed by atoms with Crippen molar-refractivity contribution in [3.63, 3.8) is 0 Å². The van der Waals surface area contributed by atoms with Gasteiger partial charge in [0.05, 0.1) is 13.2 Å².